The number of ether oxygens (including phenoxy) is 1. The van der Waals surface area contributed by atoms with Crippen LogP contribution in [0.2, 0.25) is 0 Å². The van der Waals surface area contributed by atoms with E-state index in [1.807, 2.05) is 6.07 Å². The lowest BCUT2D eigenvalue weighted by atomic mass is 10.0. The zero-order valence-corrected chi connectivity index (χ0v) is 15.5. The molecule has 1 aromatic carbocycles. The second-order valence-corrected chi connectivity index (χ2v) is 6.53. The van der Waals surface area contributed by atoms with Gasteiger partial charge in [-0.15, -0.1) is 0 Å². The molecule has 4 aromatic heterocycles. The monoisotopic (exact) mass is 390 g/mol. The van der Waals surface area contributed by atoms with Crippen molar-refractivity contribution >= 4 is 21.9 Å². The summed E-state index contributed by atoms with van der Waals surface area (Å²) in [7, 11) is 3.20. The number of nitrogens with zero attached hydrogens (tertiary/aromatic N) is 5. The summed E-state index contributed by atoms with van der Waals surface area (Å²) in [6.07, 6.45) is 6.46. The number of aryl methyl sites for hydroxylation is 1. The fourth-order valence-corrected chi connectivity index (χ4v) is 3.56. The lowest BCUT2D eigenvalue weighted by Gasteiger charge is -2.11. The van der Waals surface area contributed by atoms with Gasteiger partial charge in [0, 0.05) is 42.0 Å². The first-order chi connectivity index (χ1) is 14.1. The Hall–Kier alpha value is -4.01. The van der Waals surface area contributed by atoms with Gasteiger partial charge in [0.1, 0.15) is 5.75 Å². The van der Waals surface area contributed by atoms with E-state index >= 15 is 0 Å². The summed E-state index contributed by atoms with van der Waals surface area (Å²) in [5.74, 6) is -0.0356. The molecule has 29 heavy (non-hydrogen) atoms. The standard InChI is InChI=1S/C20H15FN6O2/c1-26-16-10-23-15-7-17(29-2)12(11-8-24-25-9-11)6-13(15)18(16)27(20(26)28)19-14(21)4-3-5-22-19/h3-10H,1-2H3,(H,24,25). The smallest absolute Gasteiger partial charge is 0.334 e. The topological polar surface area (TPSA) is 90.6 Å². The summed E-state index contributed by atoms with van der Waals surface area (Å²) in [4.78, 5) is 21.6. The number of H-pyrrole nitrogens is 1. The van der Waals surface area contributed by atoms with Crippen LogP contribution < -0.4 is 10.4 Å². The van der Waals surface area contributed by atoms with E-state index in [1.165, 1.54) is 27.5 Å². The molecule has 144 valence electrons. The number of fused-ring (bicyclic) bond motifs is 3. The van der Waals surface area contributed by atoms with Crippen molar-refractivity contribution in [1.82, 2.24) is 29.3 Å². The van der Waals surface area contributed by atoms with Gasteiger partial charge in [0.25, 0.3) is 0 Å². The van der Waals surface area contributed by atoms with Crippen LogP contribution in [0.3, 0.4) is 0 Å². The van der Waals surface area contributed by atoms with Crippen LogP contribution in [0, 0.1) is 5.82 Å². The molecule has 0 spiro atoms. The van der Waals surface area contributed by atoms with Gasteiger partial charge >= 0.3 is 5.69 Å². The molecule has 5 aromatic rings. The lowest BCUT2D eigenvalue weighted by Crippen LogP contribution is -2.22. The molecule has 0 saturated carbocycles. The number of aromatic amines is 1. The number of halogens is 1. The minimum Gasteiger partial charge on any atom is -0.496 e. The molecule has 0 aliphatic heterocycles. The fourth-order valence-electron chi connectivity index (χ4n) is 3.56. The molecule has 0 unspecified atom stereocenters. The number of hydrogen-bond acceptors (Lipinski definition) is 5. The number of rotatable bonds is 3. The first-order valence-corrected chi connectivity index (χ1v) is 8.78. The van der Waals surface area contributed by atoms with Crippen molar-refractivity contribution in [3.63, 3.8) is 0 Å². The highest BCUT2D eigenvalue weighted by Gasteiger charge is 2.20. The Morgan fingerprint density at radius 2 is 2.07 bits per heavy atom. The van der Waals surface area contributed by atoms with Crippen LogP contribution in [-0.4, -0.2) is 36.4 Å². The number of methoxy groups -OCH3 is 1. The minimum absolute atomic E-state index is 0.0590. The third-order valence-electron chi connectivity index (χ3n) is 4.96. The number of imidazole rings is 1. The first kappa shape index (κ1) is 17.1. The molecule has 5 rings (SSSR count). The molecule has 1 N–H and O–H groups in total. The van der Waals surface area contributed by atoms with Crippen molar-refractivity contribution in [3.05, 3.63) is 65.4 Å². The summed E-state index contributed by atoms with van der Waals surface area (Å²) in [5.41, 5.74) is 2.87. The average Bonchev–Trinajstić information content (AvgIpc) is 3.35. The second-order valence-electron chi connectivity index (χ2n) is 6.53. The van der Waals surface area contributed by atoms with Gasteiger partial charge < -0.3 is 4.74 Å². The van der Waals surface area contributed by atoms with Crippen molar-refractivity contribution in [3.8, 4) is 22.7 Å². The fraction of sp³-hybridized carbons (Fsp3) is 0.100. The largest absolute Gasteiger partial charge is 0.496 e. The van der Waals surface area contributed by atoms with E-state index in [-0.39, 0.29) is 5.82 Å². The zero-order valence-electron chi connectivity index (χ0n) is 15.5. The summed E-state index contributed by atoms with van der Waals surface area (Å²) in [6.45, 7) is 0. The number of pyridine rings is 2. The van der Waals surface area contributed by atoms with Crippen LogP contribution in [0.25, 0.3) is 38.9 Å². The van der Waals surface area contributed by atoms with Crippen LogP contribution in [0.15, 0.2) is 53.8 Å². The van der Waals surface area contributed by atoms with Crippen LogP contribution in [0.1, 0.15) is 0 Å². The van der Waals surface area contributed by atoms with Gasteiger partial charge in [0.15, 0.2) is 11.6 Å². The predicted octanol–water partition coefficient (Wildman–Crippen LogP) is 2.81. The average molecular weight is 390 g/mol. The van der Waals surface area contributed by atoms with E-state index in [0.29, 0.717) is 27.7 Å². The Kier molecular flexibility index (Phi) is 3.70. The first-order valence-electron chi connectivity index (χ1n) is 8.78. The van der Waals surface area contributed by atoms with Gasteiger partial charge in [-0.1, -0.05) is 0 Å². The predicted molar refractivity (Wildman–Crippen MR) is 106 cm³/mol. The van der Waals surface area contributed by atoms with Gasteiger partial charge in [-0.2, -0.15) is 5.10 Å². The molecular weight excluding hydrogens is 375 g/mol. The molecule has 0 aliphatic carbocycles. The summed E-state index contributed by atoms with van der Waals surface area (Å²) >= 11 is 0. The van der Waals surface area contributed by atoms with Gasteiger partial charge in [-0.25, -0.2) is 18.7 Å². The minimum atomic E-state index is -0.587. The Labute approximate surface area is 163 Å². The van der Waals surface area contributed by atoms with E-state index < -0.39 is 11.5 Å². The molecule has 0 radical (unpaired) electrons. The van der Waals surface area contributed by atoms with Crippen molar-refractivity contribution in [2.45, 2.75) is 0 Å². The van der Waals surface area contributed by atoms with Gasteiger partial charge in [-0.05, 0) is 18.2 Å². The quantitative estimate of drug-likeness (QED) is 0.512. The van der Waals surface area contributed by atoms with E-state index in [0.717, 1.165) is 11.1 Å². The number of aromatic nitrogens is 6. The second kappa shape index (κ2) is 6.26. The molecule has 0 fully saturated rings. The Morgan fingerprint density at radius 3 is 2.79 bits per heavy atom. The molecule has 4 heterocycles. The van der Waals surface area contributed by atoms with E-state index in [9.17, 15) is 9.18 Å². The molecule has 8 nitrogen and oxygen atoms in total. The maximum atomic E-state index is 14.5. The van der Waals surface area contributed by atoms with Gasteiger partial charge in [0.2, 0.25) is 0 Å². The molecule has 0 saturated heterocycles. The number of hydrogen-bond donors (Lipinski definition) is 1. The van der Waals surface area contributed by atoms with E-state index in [4.69, 9.17) is 4.74 Å². The number of benzene rings is 1. The molecule has 0 aliphatic rings. The zero-order chi connectivity index (χ0) is 20.1. The Morgan fingerprint density at radius 1 is 1.21 bits per heavy atom. The van der Waals surface area contributed by atoms with Crippen LogP contribution in [-0.2, 0) is 7.05 Å². The Balaban J connectivity index is 1.97. The Bertz CT molecular complexity index is 1440. The van der Waals surface area contributed by atoms with Crippen molar-refractivity contribution in [2.75, 3.05) is 7.11 Å². The van der Waals surface area contributed by atoms with Gasteiger partial charge in [-0.3, -0.25) is 14.6 Å². The van der Waals surface area contributed by atoms with E-state index in [1.54, 1.807) is 38.8 Å². The summed E-state index contributed by atoms with van der Waals surface area (Å²) in [5, 5.41) is 7.45. The third-order valence-corrected chi connectivity index (χ3v) is 4.96. The van der Waals surface area contributed by atoms with Crippen molar-refractivity contribution in [1.29, 1.82) is 0 Å². The number of nitrogens with one attached hydrogen (secondary N) is 1. The third kappa shape index (κ3) is 2.44. The summed E-state index contributed by atoms with van der Waals surface area (Å²) in [6, 6.07) is 6.41. The molecule has 0 bridgehead atoms. The lowest BCUT2D eigenvalue weighted by molar-refractivity contribution is 0.417. The van der Waals surface area contributed by atoms with Crippen LogP contribution in [0.5, 0.6) is 5.75 Å². The highest BCUT2D eigenvalue weighted by molar-refractivity contribution is 6.05. The molecule has 0 atom stereocenters. The summed E-state index contributed by atoms with van der Waals surface area (Å²) < 4.78 is 22.8. The van der Waals surface area contributed by atoms with E-state index in [2.05, 4.69) is 20.2 Å². The maximum absolute atomic E-state index is 14.5. The molecule has 0 amide bonds. The molecule has 9 heteroatoms. The normalized spacial score (nSPS) is 11.4. The van der Waals surface area contributed by atoms with Gasteiger partial charge in [0.05, 0.1) is 36.1 Å². The van der Waals surface area contributed by atoms with Crippen LogP contribution >= 0.6 is 0 Å². The molecular formula is C20H15FN6O2. The van der Waals surface area contributed by atoms with Crippen molar-refractivity contribution in [2.24, 2.45) is 7.05 Å². The van der Waals surface area contributed by atoms with Crippen molar-refractivity contribution < 1.29 is 9.13 Å². The van der Waals surface area contributed by atoms with Crippen LogP contribution in [0.4, 0.5) is 4.39 Å². The SMILES string of the molecule is COc1cc2ncc3c(c2cc1-c1cn[nH]c1)n(-c1ncccc1F)c(=O)n3C. The highest BCUT2D eigenvalue weighted by Crippen LogP contribution is 2.36. The maximum Gasteiger partial charge on any atom is 0.334 e. The highest BCUT2D eigenvalue weighted by atomic mass is 19.1.